The van der Waals surface area contributed by atoms with Crippen LogP contribution in [-0.4, -0.2) is 34.2 Å². The summed E-state index contributed by atoms with van der Waals surface area (Å²) in [4.78, 5) is 23.3. The second kappa shape index (κ2) is 7.43. The summed E-state index contributed by atoms with van der Waals surface area (Å²) >= 11 is 0. The van der Waals surface area contributed by atoms with E-state index in [0.29, 0.717) is 11.5 Å². The van der Waals surface area contributed by atoms with Crippen LogP contribution in [-0.2, 0) is 22.7 Å². The SMILES string of the molecule is O=C(NCc1ccco1)[C@H](O)[C@@H](O)C(=O)NCc1ccco1. The van der Waals surface area contributed by atoms with Crippen molar-refractivity contribution in [1.29, 1.82) is 0 Å². The zero-order valence-corrected chi connectivity index (χ0v) is 11.6. The Morgan fingerprint density at radius 3 is 1.64 bits per heavy atom. The first kappa shape index (κ1) is 15.8. The second-order valence-corrected chi connectivity index (χ2v) is 4.48. The molecule has 0 aromatic carbocycles. The Morgan fingerprint density at radius 1 is 0.909 bits per heavy atom. The summed E-state index contributed by atoms with van der Waals surface area (Å²) in [6.07, 6.45) is -0.887. The van der Waals surface area contributed by atoms with Gasteiger partial charge < -0.3 is 29.7 Å². The molecule has 2 atom stereocenters. The lowest BCUT2D eigenvalue weighted by Crippen LogP contribution is -2.49. The van der Waals surface area contributed by atoms with Crippen LogP contribution < -0.4 is 10.6 Å². The van der Waals surface area contributed by atoms with E-state index in [-0.39, 0.29) is 13.1 Å². The average Bonchev–Trinajstić information content (AvgIpc) is 3.21. The summed E-state index contributed by atoms with van der Waals surface area (Å²) in [5, 5.41) is 24.0. The van der Waals surface area contributed by atoms with Crippen molar-refractivity contribution in [3.63, 3.8) is 0 Å². The molecule has 8 heteroatoms. The Hall–Kier alpha value is -2.58. The Kier molecular flexibility index (Phi) is 5.34. The molecule has 0 bridgehead atoms. The monoisotopic (exact) mass is 308 g/mol. The van der Waals surface area contributed by atoms with Crippen molar-refractivity contribution in [3.05, 3.63) is 48.3 Å². The molecule has 0 spiro atoms. The van der Waals surface area contributed by atoms with E-state index < -0.39 is 24.0 Å². The lowest BCUT2D eigenvalue weighted by atomic mass is 10.1. The van der Waals surface area contributed by atoms with Crippen LogP contribution in [0.1, 0.15) is 11.5 Å². The van der Waals surface area contributed by atoms with Crippen molar-refractivity contribution in [2.24, 2.45) is 0 Å². The number of carbonyl (C=O) groups is 2. The van der Waals surface area contributed by atoms with Gasteiger partial charge in [0.15, 0.2) is 12.2 Å². The summed E-state index contributed by atoms with van der Waals surface area (Å²) in [5.74, 6) is -0.788. The van der Waals surface area contributed by atoms with Gasteiger partial charge in [-0.05, 0) is 24.3 Å². The number of hydrogen-bond acceptors (Lipinski definition) is 6. The summed E-state index contributed by atoms with van der Waals surface area (Å²) in [6.45, 7) is 0.0905. The quantitative estimate of drug-likeness (QED) is 0.548. The van der Waals surface area contributed by atoms with E-state index in [2.05, 4.69) is 10.6 Å². The molecule has 0 fully saturated rings. The van der Waals surface area contributed by atoms with Gasteiger partial charge in [0.2, 0.25) is 0 Å². The summed E-state index contributed by atoms with van der Waals surface area (Å²) in [6, 6.07) is 6.57. The smallest absolute Gasteiger partial charge is 0.252 e. The summed E-state index contributed by atoms with van der Waals surface area (Å²) in [7, 11) is 0. The van der Waals surface area contributed by atoms with Crippen LogP contribution in [0.4, 0.5) is 0 Å². The van der Waals surface area contributed by atoms with E-state index in [0.717, 1.165) is 0 Å². The fourth-order valence-electron chi connectivity index (χ4n) is 1.67. The highest BCUT2D eigenvalue weighted by molar-refractivity contribution is 5.90. The number of nitrogens with one attached hydrogen (secondary N) is 2. The molecule has 2 amide bonds. The van der Waals surface area contributed by atoms with Gasteiger partial charge in [-0.25, -0.2) is 0 Å². The molecule has 0 saturated carbocycles. The highest BCUT2D eigenvalue weighted by Gasteiger charge is 2.30. The van der Waals surface area contributed by atoms with Crippen molar-refractivity contribution in [3.8, 4) is 0 Å². The molecular formula is C14H16N2O6. The van der Waals surface area contributed by atoms with Gasteiger partial charge >= 0.3 is 0 Å². The van der Waals surface area contributed by atoms with Crippen LogP contribution >= 0.6 is 0 Å². The maximum atomic E-state index is 11.7. The molecule has 22 heavy (non-hydrogen) atoms. The standard InChI is InChI=1S/C14H16N2O6/c17-11(13(19)15-7-9-3-1-5-21-9)12(18)14(20)16-8-10-4-2-6-22-10/h1-6,11-12,17-18H,7-8H2,(H,15,19)(H,16,20)/t11-,12-/m1/s1. The van der Waals surface area contributed by atoms with E-state index >= 15 is 0 Å². The highest BCUT2D eigenvalue weighted by atomic mass is 16.4. The molecule has 0 saturated heterocycles. The molecule has 2 rings (SSSR count). The van der Waals surface area contributed by atoms with Gasteiger partial charge in [0.25, 0.3) is 11.8 Å². The number of furan rings is 2. The predicted octanol–water partition coefficient (Wildman–Crippen LogP) is -0.473. The third kappa shape index (κ3) is 4.21. The number of rotatable bonds is 7. The van der Waals surface area contributed by atoms with Gasteiger partial charge in [0, 0.05) is 0 Å². The normalized spacial score (nSPS) is 13.4. The topological polar surface area (TPSA) is 125 Å². The molecule has 2 heterocycles. The number of carbonyl (C=O) groups excluding carboxylic acids is 2. The van der Waals surface area contributed by atoms with Gasteiger partial charge in [-0.2, -0.15) is 0 Å². The van der Waals surface area contributed by atoms with Crippen molar-refractivity contribution in [1.82, 2.24) is 10.6 Å². The summed E-state index contributed by atoms with van der Waals surface area (Å²) in [5.41, 5.74) is 0. The Balaban J connectivity index is 1.78. The second-order valence-electron chi connectivity index (χ2n) is 4.48. The minimum atomic E-state index is -1.88. The van der Waals surface area contributed by atoms with E-state index in [4.69, 9.17) is 8.83 Å². The largest absolute Gasteiger partial charge is 0.467 e. The summed E-state index contributed by atoms with van der Waals surface area (Å²) < 4.78 is 10.0. The lowest BCUT2D eigenvalue weighted by Gasteiger charge is -2.16. The van der Waals surface area contributed by atoms with Crippen molar-refractivity contribution in [2.75, 3.05) is 0 Å². The Morgan fingerprint density at radius 2 is 1.32 bits per heavy atom. The fraction of sp³-hybridized carbons (Fsp3) is 0.286. The fourth-order valence-corrected chi connectivity index (χ4v) is 1.67. The highest BCUT2D eigenvalue weighted by Crippen LogP contribution is 2.02. The number of aliphatic hydroxyl groups excluding tert-OH is 2. The molecular weight excluding hydrogens is 292 g/mol. The molecule has 4 N–H and O–H groups in total. The van der Waals surface area contributed by atoms with Crippen molar-refractivity contribution in [2.45, 2.75) is 25.3 Å². The third-order valence-corrected chi connectivity index (χ3v) is 2.87. The van der Waals surface area contributed by atoms with E-state index in [1.54, 1.807) is 24.3 Å². The minimum absolute atomic E-state index is 0.0453. The van der Waals surface area contributed by atoms with Crippen molar-refractivity contribution >= 4 is 11.8 Å². The van der Waals surface area contributed by atoms with Gasteiger partial charge in [0.1, 0.15) is 11.5 Å². The van der Waals surface area contributed by atoms with Gasteiger partial charge in [-0.15, -0.1) is 0 Å². The molecule has 0 aliphatic heterocycles. The molecule has 0 radical (unpaired) electrons. The zero-order chi connectivity index (χ0) is 15.9. The maximum absolute atomic E-state index is 11.7. The predicted molar refractivity (Wildman–Crippen MR) is 73.1 cm³/mol. The molecule has 0 aliphatic rings. The lowest BCUT2D eigenvalue weighted by molar-refractivity contribution is -0.146. The van der Waals surface area contributed by atoms with Crippen LogP contribution in [0.3, 0.4) is 0 Å². The van der Waals surface area contributed by atoms with E-state index in [1.807, 2.05) is 0 Å². The first-order valence-electron chi connectivity index (χ1n) is 6.54. The van der Waals surface area contributed by atoms with E-state index in [1.165, 1.54) is 12.5 Å². The molecule has 0 unspecified atom stereocenters. The molecule has 8 nitrogen and oxygen atoms in total. The van der Waals surface area contributed by atoms with Crippen LogP contribution in [0.2, 0.25) is 0 Å². The van der Waals surface area contributed by atoms with Gasteiger partial charge in [-0.1, -0.05) is 0 Å². The van der Waals surface area contributed by atoms with Crippen LogP contribution in [0.15, 0.2) is 45.6 Å². The minimum Gasteiger partial charge on any atom is -0.467 e. The van der Waals surface area contributed by atoms with Crippen LogP contribution in [0, 0.1) is 0 Å². The molecule has 2 aromatic rings. The average molecular weight is 308 g/mol. The molecule has 118 valence electrons. The maximum Gasteiger partial charge on any atom is 0.252 e. The van der Waals surface area contributed by atoms with Gasteiger partial charge in [0.05, 0.1) is 25.6 Å². The molecule has 2 aromatic heterocycles. The van der Waals surface area contributed by atoms with Crippen LogP contribution in [0.25, 0.3) is 0 Å². The number of hydrogen-bond donors (Lipinski definition) is 4. The number of aliphatic hydroxyl groups is 2. The zero-order valence-electron chi connectivity index (χ0n) is 11.6. The van der Waals surface area contributed by atoms with E-state index in [9.17, 15) is 19.8 Å². The van der Waals surface area contributed by atoms with Gasteiger partial charge in [-0.3, -0.25) is 9.59 Å². The Labute approximate surface area is 125 Å². The van der Waals surface area contributed by atoms with Crippen LogP contribution in [0.5, 0.6) is 0 Å². The molecule has 0 aliphatic carbocycles. The Bertz CT molecular complexity index is 539. The van der Waals surface area contributed by atoms with Crippen molar-refractivity contribution < 1.29 is 28.6 Å². The number of amides is 2. The first-order valence-corrected chi connectivity index (χ1v) is 6.54. The first-order chi connectivity index (χ1) is 10.6. The third-order valence-electron chi connectivity index (χ3n) is 2.87.